The molecule has 0 spiro atoms. The zero-order chi connectivity index (χ0) is 19.5. The van der Waals surface area contributed by atoms with Gasteiger partial charge in [-0.3, -0.25) is 4.79 Å². The summed E-state index contributed by atoms with van der Waals surface area (Å²) >= 11 is 0. The Kier molecular flexibility index (Phi) is 3.85. The smallest absolute Gasteiger partial charge is 0.256 e. The summed E-state index contributed by atoms with van der Waals surface area (Å²) in [5.41, 5.74) is 5.55. The number of rotatable bonds is 3. The van der Waals surface area contributed by atoms with E-state index in [4.69, 9.17) is 0 Å². The van der Waals surface area contributed by atoms with Gasteiger partial charge in [-0.15, -0.1) is 0 Å². The first kappa shape index (κ1) is 17.3. The molecule has 0 amide bonds. The molecule has 0 N–H and O–H groups in total. The van der Waals surface area contributed by atoms with E-state index < -0.39 is 0 Å². The standard InChI is InChI=1S/C23H25N4O2/c28-17-11-19-20(27(29)13-17)10-15(6-9-25-7-1-2-8-25)23-21(19)18-5-3-4-16-12-24-14-26(23)22(16)18/h3-5,10,12,14,21-23H,1-2,6-9,11,13H2/q+1. The van der Waals surface area contributed by atoms with Gasteiger partial charge in [0.25, 0.3) is 12.2 Å². The maximum Gasteiger partial charge on any atom is 0.256 e. The van der Waals surface area contributed by atoms with E-state index in [1.807, 2.05) is 12.5 Å². The Morgan fingerprint density at radius 3 is 2.97 bits per heavy atom. The van der Waals surface area contributed by atoms with Crippen LogP contribution in [-0.4, -0.2) is 64.9 Å². The average Bonchev–Trinajstić information content (AvgIpc) is 3.35. The van der Waals surface area contributed by atoms with E-state index in [-0.39, 0.29) is 30.3 Å². The van der Waals surface area contributed by atoms with Gasteiger partial charge in [-0.25, -0.2) is 4.99 Å². The van der Waals surface area contributed by atoms with Crippen LogP contribution in [0.2, 0.25) is 0 Å². The highest BCUT2D eigenvalue weighted by Crippen LogP contribution is 2.51. The third-order valence-corrected chi connectivity index (χ3v) is 7.22. The van der Waals surface area contributed by atoms with Crippen molar-refractivity contribution in [3.63, 3.8) is 0 Å². The first-order chi connectivity index (χ1) is 14.2. The Bertz CT molecular complexity index is 990. The molecule has 0 aromatic heterocycles. The van der Waals surface area contributed by atoms with Gasteiger partial charge in [0.1, 0.15) is 0 Å². The number of likely N-dealkylation sites (tertiary alicyclic amines) is 1. The number of carbonyl (C=O) groups excluding carboxylic acids is 1. The number of hydrogen-bond acceptors (Lipinski definition) is 5. The first-order valence-electron chi connectivity index (χ1n) is 10.7. The van der Waals surface area contributed by atoms with Crippen molar-refractivity contribution in [1.29, 1.82) is 0 Å². The Labute approximate surface area is 170 Å². The number of ketones is 1. The molecule has 3 atom stereocenters. The summed E-state index contributed by atoms with van der Waals surface area (Å²) < 4.78 is 0.925. The zero-order valence-electron chi connectivity index (χ0n) is 16.5. The molecule has 29 heavy (non-hydrogen) atoms. The fraction of sp³-hybridized carbons (Fsp3) is 0.478. The molecular weight excluding hydrogens is 364 g/mol. The molecule has 2 fully saturated rings. The van der Waals surface area contributed by atoms with Crippen LogP contribution in [0.25, 0.3) is 0 Å². The molecule has 4 heterocycles. The van der Waals surface area contributed by atoms with E-state index in [9.17, 15) is 9.70 Å². The number of nitrogens with zero attached hydrogens (tertiary/aromatic N) is 4. The Morgan fingerprint density at radius 1 is 1.24 bits per heavy atom. The highest BCUT2D eigenvalue weighted by molar-refractivity contribution is 5.84. The van der Waals surface area contributed by atoms with Crippen LogP contribution in [0, 0.1) is 10.8 Å². The lowest BCUT2D eigenvalue weighted by atomic mass is 9.74. The maximum absolute atomic E-state index is 12.7. The van der Waals surface area contributed by atoms with Crippen LogP contribution >= 0.6 is 0 Å². The minimum atomic E-state index is -0.0230. The normalized spacial score (nSPS) is 32.8. The van der Waals surface area contributed by atoms with Crippen LogP contribution in [0.5, 0.6) is 0 Å². The molecule has 2 aliphatic carbocycles. The van der Waals surface area contributed by atoms with Gasteiger partial charge < -0.3 is 9.80 Å². The van der Waals surface area contributed by atoms with E-state index >= 15 is 0 Å². The lowest BCUT2D eigenvalue weighted by Gasteiger charge is -2.35. The predicted octanol–water partition coefficient (Wildman–Crippen LogP) is 2.51. The van der Waals surface area contributed by atoms with Crippen molar-refractivity contribution in [2.24, 2.45) is 10.9 Å². The van der Waals surface area contributed by atoms with Crippen molar-refractivity contribution >= 4 is 12.1 Å². The molecule has 6 rings (SSSR count). The molecular formula is C23H25N4O2+. The molecule has 0 aromatic carbocycles. The fourth-order valence-corrected chi connectivity index (χ4v) is 6.00. The van der Waals surface area contributed by atoms with E-state index in [1.54, 1.807) is 0 Å². The van der Waals surface area contributed by atoms with Crippen molar-refractivity contribution in [3.8, 4) is 0 Å². The molecule has 2 saturated heterocycles. The molecule has 6 aliphatic rings. The molecule has 0 aromatic rings. The van der Waals surface area contributed by atoms with Crippen molar-refractivity contribution in [2.75, 3.05) is 26.2 Å². The minimum Gasteiger partial charge on any atom is -0.344 e. The van der Waals surface area contributed by atoms with E-state index in [0.717, 1.165) is 29.0 Å². The highest BCUT2D eigenvalue weighted by atomic mass is 16.3. The predicted molar refractivity (Wildman–Crippen MR) is 110 cm³/mol. The topological polar surface area (TPSA) is 56.0 Å². The maximum atomic E-state index is 12.7. The van der Waals surface area contributed by atoms with Crippen LogP contribution < -0.4 is 0 Å². The zero-order valence-corrected chi connectivity index (χ0v) is 16.5. The van der Waals surface area contributed by atoms with Crippen molar-refractivity contribution < 1.29 is 9.55 Å². The summed E-state index contributed by atoms with van der Waals surface area (Å²) in [6.45, 7) is 3.36. The number of aliphatic imine (C=N–C) groups is 1. The third-order valence-electron chi connectivity index (χ3n) is 7.22. The second-order valence-corrected chi connectivity index (χ2v) is 8.87. The van der Waals surface area contributed by atoms with E-state index in [1.165, 1.54) is 42.7 Å². The number of carbonyl (C=O) groups is 1. The number of hydrogen-bond donors (Lipinski definition) is 0. The van der Waals surface area contributed by atoms with Crippen LogP contribution in [0.15, 0.2) is 63.5 Å². The summed E-state index contributed by atoms with van der Waals surface area (Å²) in [7, 11) is 0. The van der Waals surface area contributed by atoms with Gasteiger partial charge in [-0.1, -0.05) is 18.2 Å². The second kappa shape index (κ2) is 6.46. The van der Waals surface area contributed by atoms with Crippen LogP contribution in [-0.2, 0) is 4.79 Å². The number of Topliss-reactive ketones (excluding diaryl/α,β-unsaturated/α-hetero) is 1. The summed E-state index contributed by atoms with van der Waals surface area (Å²) in [6, 6.07) is 0.325. The molecule has 6 heteroatoms. The van der Waals surface area contributed by atoms with Gasteiger partial charge in [0.15, 0.2) is 0 Å². The van der Waals surface area contributed by atoms with Gasteiger partial charge >= 0.3 is 0 Å². The summed E-state index contributed by atoms with van der Waals surface area (Å²) in [5.74, 6) is 0.111. The lowest BCUT2D eigenvalue weighted by Crippen LogP contribution is -2.43. The van der Waals surface area contributed by atoms with Gasteiger partial charge in [-0.2, -0.15) is 0 Å². The van der Waals surface area contributed by atoms with Gasteiger partial charge in [0.05, 0.1) is 18.4 Å². The van der Waals surface area contributed by atoms with Crippen molar-refractivity contribution in [1.82, 2.24) is 9.80 Å². The number of fused-ring (bicyclic) bond motifs is 4. The third kappa shape index (κ3) is 2.58. The molecule has 6 nitrogen and oxygen atoms in total. The minimum absolute atomic E-state index is 0.0210. The van der Waals surface area contributed by atoms with E-state index in [2.05, 4.69) is 39.1 Å². The number of nitroso groups, excluding NO2 is 1. The Balaban J connectivity index is 1.44. The summed E-state index contributed by atoms with van der Waals surface area (Å²) in [5, 5.41) is 0. The second-order valence-electron chi connectivity index (χ2n) is 8.87. The van der Waals surface area contributed by atoms with Gasteiger partial charge in [-0.05, 0) is 49.1 Å². The van der Waals surface area contributed by atoms with E-state index in [0.29, 0.717) is 6.42 Å². The SMILES string of the molecule is O=C1CC2=C(C=C(CCN3CCCC3)C3C2C2=CC=CC4=CN=CN3C42)[N+](=O)C1. The van der Waals surface area contributed by atoms with Crippen LogP contribution in [0.1, 0.15) is 25.7 Å². The van der Waals surface area contributed by atoms with Crippen LogP contribution in [0.3, 0.4) is 0 Å². The highest BCUT2D eigenvalue weighted by Gasteiger charge is 2.54. The molecule has 148 valence electrons. The largest absolute Gasteiger partial charge is 0.344 e. The molecule has 0 radical (unpaired) electrons. The first-order valence-corrected chi connectivity index (χ1v) is 10.7. The summed E-state index contributed by atoms with van der Waals surface area (Å²) in [4.78, 5) is 34.4. The summed E-state index contributed by atoms with van der Waals surface area (Å²) in [6.07, 6.45) is 16.3. The molecule has 4 aliphatic heterocycles. The average molecular weight is 389 g/mol. The Hall–Kier alpha value is -2.60. The molecule has 0 bridgehead atoms. The van der Waals surface area contributed by atoms with Gasteiger partial charge in [0, 0.05) is 46.4 Å². The van der Waals surface area contributed by atoms with Crippen molar-refractivity contribution in [2.45, 2.75) is 37.8 Å². The molecule has 3 unspecified atom stereocenters. The Morgan fingerprint density at radius 2 is 2.10 bits per heavy atom. The fourth-order valence-electron chi connectivity index (χ4n) is 6.00. The quantitative estimate of drug-likeness (QED) is 0.696. The van der Waals surface area contributed by atoms with Gasteiger partial charge in [0.2, 0.25) is 5.78 Å². The monoisotopic (exact) mass is 389 g/mol. The number of allylic oxidation sites excluding steroid dienone is 3. The molecule has 0 saturated carbocycles. The lowest BCUT2D eigenvalue weighted by molar-refractivity contribution is -0.486. The van der Waals surface area contributed by atoms with Crippen molar-refractivity contribution in [3.05, 3.63) is 63.4 Å². The van der Waals surface area contributed by atoms with Crippen LogP contribution in [0.4, 0.5) is 0 Å².